The number of thiazole rings is 1. The Bertz CT molecular complexity index is 1040. The van der Waals surface area contributed by atoms with Gasteiger partial charge in [-0.1, -0.05) is 60.7 Å². The Hall–Kier alpha value is -3.16. The Labute approximate surface area is 197 Å². The number of amides is 1. The molecular formula is C26H27N3O3S. The highest BCUT2D eigenvalue weighted by Crippen LogP contribution is 2.40. The molecule has 0 bridgehead atoms. The number of carbonyl (C=O) groups excluding carboxylic acids is 3. The summed E-state index contributed by atoms with van der Waals surface area (Å²) in [6.07, 6.45) is 0. The summed E-state index contributed by atoms with van der Waals surface area (Å²) < 4.78 is 0. The molecule has 0 N–H and O–H groups in total. The number of Topliss-reactive ketones (excluding diaryl/α,β-unsaturated/α-hetero) is 2. The summed E-state index contributed by atoms with van der Waals surface area (Å²) in [5.74, 6) is -1.45. The Balaban J connectivity index is 1.76. The third-order valence-electron chi connectivity index (χ3n) is 6.22. The molecule has 170 valence electrons. The fourth-order valence-electron chi connectivity index (χ4n) is 4.52. The van der Waals surface area contributed by atoms with Crippen LogP contribution in [-0.2, 0) is 4.79 Å². The summed E-state index contributed by atoms with van der Waals surface area (Å²) in [6.45, 7) is 0.954. The molecule has 1 aliphatic rings. The molecule has 0 spiro atoms. The van der Waals surface area contributed by atoms with Gasteiger partial charge < -0.3 is 4.90 Å². The van der Waals surface area contributed by atoms with E-state index in [-0.39, 0.29) is 29.9 Å². The first kappa shape index (κ1) is 23.0. The van der Waals surface area contributed by atoms with Crippen LogP contribution in [0, 0.1) is 11.8 Å². The molecule has 2 aromatic carbocycles. The first-order valence-electron chi connectivity index (χ1n) is 10.9. The second kappa shape index (κ2) is 10.2. The number of ketones is 2. The molecule has 1 aromatic heterocycles. The summed E-state index contributed by atoms with van der Waals surface area (Å²) in [5.41, 5.74) is 3.72. The fourth-order valence-corrected chi connectivity index (χ4v) is 5.12. The van der Waals surface area contributed by atoms with E-state index in [2.05, 4.69) is 4.98 Å². The highest BCUT2D eigenvalue weighted by Gasteiger charge is 2.46. The molecule has 0 radical (unpaired) electrons. The van der Waals surface area contributed by atoms with Gasteiger partial charge in [-0.2, -0.15) is 0 Å². The molecule has 1 saturated heterocycles. The second-order valence-corrected chi connectivity index (χ2v) is 9.31. The summed E-state index contributed by atoms with van der Waals surface area (Å²) in [5, 5.41) is 1.93. The summed E-state index contributed by atoms with van der Waals surface area (Å²) in [7, 11) is 3.42. The van der Waals surface area contributed by atoms with Gasteiger partial charge in [0.2, 0.25) is 5.91 Å². The SMILES string of the molecule is CN(C)C(=O)CN1CC(C(=O)c2ccccc2)C(c2cscn2)C(C(=O)c2ccccc2)C1. The first-order valence-corrected chi connectivity index (χ1v) is 11.9. The van der Waals surface area contributed by atoms with Crippen molar-refractivity contribution in [3.63, 3.8) is 0 Å². The number of nitrogens with zero attached hydrogens (tertiary/aromatic N) is 3. The Morgan fingerprint density at radius 2 is 1.42 bits per heavy atom. The number of likely N-dealkylation sites (tertiary alicyclic amines) is 1. The van der Waals surface area contributed by atoms with E-state index in [1.54, 1.807) is 43.9 Å². The predicted molar refractivity (Wildman–Crippen MR) is 129 cm³/mol. The quantitative estimate of drug-likeness (QED) is 0.503. The average Bonchev–Trinajstić information content (AvgIpc) is 3.38. The zero-order valence-corrected chi connectivity index (χ0v) is 19.6. The van der Waals surface area contributed by atoms with E-state index in [1.807, 2.05) is 46.7 Å². The van der Waals surface area contributed by atoms with Crippen molar-refractivity contribution < 1.29 is 14.4 Å². The average molecular weight is 462 g/mol. The molecule has 33 heavy (non-hydrogen) atoms. The Kier molecular flexibility index (Phi) is 7.11. The van der Waals surface area contributed by atoms with E-state index >= 15 is 0 Å². The standard InChI is InChI=1S/C26H27N3O3S/c1-28(2)23(30)15-29-13-20(25(31)18-9-5-3-6-10-18)24(22-16-33-17-27-22)21(14-29)26(32)19-11-7-4-8-12-19/h3-12,16-17,20-21,24H,13-15H2,1-2H3. The van der Waals surface area contributed by atoms with Gasteiger partial charge >= 0.3 is 0 Å². The Morgan fingerprint density at radius 1 is 0.909 bits per heavy atom. The fraction of sp³-hybridized carbons (Fsp3) is 0.308. The van der Waals surface area contributed by atoms with Crippen LogP contribution in [0.1, 0.15) is 32.3 Å². The lowest BCUT2D eigenvalue weighted by Gasteiger charge is -2.42. The molecule has 2 unspecified atom stereocenters. The van der Waals surface area contributed by atoms with E-state index < -0.39 is 11.8 Å². The maximum absolute atomic E-state index is 13.7. The van der Waals surface area contributed by atoms with E-state index in [9.17, 15) is 14.4 Å². The first-order chi connectivity index (χ1) is 16.0. The molecule has 6 nitrogen and oxygen atoms in total. The van der Waals surface area contributed by atoms with Gasteiger partial charge in [-0.25, -0.2) is 4.98 Å². The highest BCUT2D eigenvalue weighted by atomic mass is 32.1. The minimum Gasteiger partial charge on any atom is -0.348 e. The lowest BCUT2D eigenvalue weighted by Crippen LogP contribution is -2.52. The van der Waals surface area contributed by atoms with E-state index in [0.717, 1.165) is 5.69 Å². The van der Waals surface area contributed by atoms with Crippen LogP contribution in [0.5, 0.6) is 0 Å². The predicted octanol–water partition coefficient (Wildman–Crippen LogP) is 3.63. The normalized spacial score (nSPS) is 20.8. The number of benzene rings is 2. The molecule has 4 rings (SSSR count). The molecule has 2 heterocycles. The number of carbonyl (C=O) groups is 3. The number of piperidine rings is 1. The number of hydrogen-bond donors (Lipinski definition) is 0. The van der Waals surface area contributed by atoms with Crippen LogP contribution in [0.15, 0.2) is 71.6 Å². The minimum atomic E-state index is -0.490. The zero-order valence-electron chi connectivity index (χ0n) is 18.8. The Morgan fingerprint density at radius 3 is 1.85 bits per heavy atom. The van der Waals surface area contributed by atoms with Crippen molar-refractivity contribution in [3.8, 4) is 0 Å². The van der Waals surface area contributed by atoms with E-state index in [1.165, 1.54) is 16.2 Å². The zero-order chi connectivity index (χ0) is 23.4. The third kappa shape index (κ3) is 5.10. The maximum atomic E-state index is 13.7. The van der Waals surface area contributed by atoms with Gasteiger partial charge in [-0.15, -0.1) is 11.3 Å². The second-order valence-electron chi connectivity index (χ2n) is 8.59. The van der Waals surface area contributed by atoms with Gasteiger partial charge in [0, 0.05) is 61.4 Å². The molecule has 2 atom stereocenters. The van der Waals surface area contributed by atoms with Crippen LogP contribution in [0.2, 0.25) is 0 Å². The van der Waals surface area contributed by atoms with Crippen molar-refractivity contribution in [2.75, 3.05) is 33.7 Å². The lowest BCUT2D eigenvalue weighted by atomic mass is 9.70. The maximum Gasteiger partial charge on any atom is 0.236 e. The molecule has 3 aromatic rings. The molecular weight excluding hydrogens is 434 g/mol. The van der Waals surface area contributed by atoms with Crippen LogP contribution in [0.25, 0.3) is 0 Å². The minimum absolute atomic E-state index is 0.0264. The summed E-state index contributed by atoms with van der Waals surface area (Å²) >= 11 is 1.46. The van der Waals surface area contributed by atoms with Crippen molar-refractivity contribution in [3.05, 3.63) is 88.4 Å². The largest absolute Gasteiger partial charge is 0.348 e. The lowest BCUT2D eigenvalue weighted by molar-refractivity contribution is -0.130. The number of hydrogen-bond acceptors (Lipinski definition) is 6. The van der Waals surface area contributed by atoms with Crippen LogP contribution in [0.4, 0.5) is 0 Å². The van der Waals surface area contributed by atoms with Gasteiger partial charge in [-0.05, 0) is 0 Å². The third-order valence-corrected chi connectivity index (χ3v) is 6.82. The molecule has 0 saturated carbocycles. The van der Waals surface area contributed by atoms with Crippen molar-refractivity contribution in [2.24, 2.45) is 11.8 Å². The smallest absolute Gasteiger partial charge is 0.236 e. The van der Waals surface area contributed by atoms with Crippen LogP contribution in [-0.4, -0.2) is 66.0 Å². The van der Waals surface area contributed by atoms with Gasteiger partial charge in [0.25, 0.3) is 0 Å². The molecule has 7 heteroatoms. The highest BCUT2D eigenvalue weighted by molar-refractivity contribution is 7.07. The van der Waals surface area contributed by atoms with Gasteiger partial charge in [-0.3, -0.25) is 19.3 Å². The topological polar surface area (TPSA) is 70.6 Å². The van der Waals surface area contributed by atoms with Crippen LogP contribution < -0.4 is 0 Å². The number of likely N-dealkylation sites (N-methyl/N-ethyl adjacent to an activating group) is 1. The number of rotatable bonds is 7. The van der Waals surface area contributed by atoms with Crippen molar-refractivity contribution in [1.82, 2.24) is 14.8 Å². The van der Waals surface area contributed by atoms with E-state index in [4.69, 9.17) is 0 Å². The van der Waals surface area contributed by atoms with Gasteiger partial charge in [0.1, 0.15) is 0 Å². The molecule has 1 amide bonds. The molecule has 1 fully saturated rings. The monoisotopic (exact) mass is 461 g/mol. The molecule has 1 aliphatic heterocycles. The molecule has 0 aliphatic carbocycles. The van der Waals surface area contributed by atoms with Crippen molar-refractivity contribution in [1.29, 1.82) is 0 Å². The van der Waals surface area contributed by atoms with Gasteiger partial charge in [0.05, 0.1) is 17.7 Å². The van der Waals surface area contributed by atoms with Crippen molar-refractivity contribution >= 4 is 28.8 Å². The van der Waals surface area contributed by atoms with Gasteiger partial charge in [0.15, 0.2) is 11.6 Å². The van der Waals surface area contributed by atoms with Crippen LogP contribution in [0.3, 0.4) is 0 Å². The van der Waals surface area contributed by atoms with Crippen molar-refractivity contribution in [2.45, 2.75) is 5.92 Å². The number of aromatic nitrogens is 1. The van der Waals surface area contributed by atoms with Crippen LogP contribution >= 0.6 is 11.3 Å². The summed E-state index contributed by atoms with van der Waals surface area (Å²) in [6, 6.07) is 18.3. The summed E-state index contributed by atoms with van der Waals surface area (Å²) in [4.78, 5) is 48.0. The van der Waals surface area contributed by atoms with E-state index in [0.29, 0.717) is 24.2 Å².